The van der Waals surface area contributed by atoms with Gasteiger partial charge in [-0.15, -0.1) is 0 Å². The van der Waals surface area contributed by atoms with Gasteiger partial charge in [0.2, 0.25) is 0 Å². The van der Waals surface area contributed by atoms with E-state index >= 15 is 0 Å². The van der Waals surface area contributed by atoms with E-state index in [0.29, 0.717) is 18.6 Å². The molecule has 2 aromatic rings. The molecule has 0 aromatic carbocycles. The van der Waals surface area contributed by atoms with E-state index in [-0.39, 0.29) is 0 Å². The lowest BCUT2D eigenvalue weighted by Gasteiger charge is -2.29. The number of hydrogen-bond donors (Lipinski definition) is 1. The fourth-order valence-corrected chi connectivity index (χ4v) is 3.36. The highest BCUT2D eigenvalue weighted by molar-refractivity contribution is 5.48. The predicted octanol–water partition coefficient (Wildman–Crippen LogP) is 3.82. The molecule has 2 aromatic heterocycles. The molecule has 4 nitrogen and oxygen atoms in total. The van der Waals surface area contributed by atoms with Crippen molar-refractivity contribution < 1.29 is 9.52 Å². The maximum absolute atomic E-state index is 9.41. The number of aryl methyl sites for hydroxylation is 1. The lowest BCUT2D eigenvalue weighted by Crippen LogP contribution is -2.21. The van der Waals surface area contributed by atoms with E-state index in [2.05, 4.69) is 22.5 Å². The fourth-order valence-electron chi connectivity index (χ4n) is 3.36. The van der Waals surface area contributed by atoms with Crippen LogP contribution in [0.4, 0.5) is 0 Å². The van der Waals surface area contributed by atoms with Crippen molar-refractivity contribution >= 4 is 0 Å². The third-order valence-electron chi connectivity index (χ3n) is 4.45. The van der Waals surface area contributed by atoms with Gasteiger partial charge in [0.1, 0.15) is 5.76 Å². The Balaban J connectivity index is 1.82. The van der Waals surface area contributed by atoms with Crippen molar-refractivity contribution in [3.63, 3.8) is 0 Å². The van der Waals surface area contributed by atoms with Gasteiger partial charge in [-0.05, 0) is 43.7 Å². The van der Waals surface area contributed by atoms with Gasteiger partial charge in [0, 0.05) is 31.5 Å². The standard InChI is InChI=1S/C17H24N2O2/c1-2-4-15-7-8-16(21-15)17-18-9-10-19(17)14-6-3-5-13(11-14)12-20/h7-10,13-14,20H,2-6,11-12H2,1H3/t13-,14+/m0/s1. The number of imidazole rings is 1. The van der Waals surface area contributed by atoms with Crippen molar-refractivity contribution in [3.8, 4) is 11.6 Å². The molecule has 21 heavy (non-hydrogen) atoms. The molecule has 114 valence electrons. The van der Waals surface area contributed by atoms with Crippen molar-refractivity contribution in [3.05, 3.63) is 30.3 Å². The molecule has 0 saturated heterocycles. The highest BCUT2D eigenvalue weighted by Gasteiger charge is 2.25. The Hall–Kier alpha value is -1.55. The van der Waals surface area contributed by atoms with Crippen LogP contribution in [-0.4, -0.2) is 21.3 Å². The van der Waals surface area contributed by atoms with Crippen LogP contribution in [0.1, 0.15) is 50.8 Å². The quantitative estimate of drug-likeness (QED) is 0.910. The first-order valence-corrected chi connectivity index (χ1v) is 8.04. The van der Waals surface area contributed by atoms with Crippen LogP contribution in [0.2, 0.25) is 0 Å². The summed E-state index contributed by atoms with van der Waals surface area (Å²) in [6.07, 6.45) is 10.4. The van der Waals surface area contributed by atoms with Crippen LogP contribution in [0.5, 0.6) is 0 Å². The molecule has 2 heterocycles. The van der Waals surface area contributed by atoms with Crippen molar-refractivity contribution in [2.75, 3.05) is 6.61 Å². The number of rotatable bonds is 5. The van der Waals surface area contributed by atoms with Crippen LogP contribution in [-0.2, 0) is 6.42 Å². The monoisotopic (exact) mass is 288 g/mol. The van der Waals surface area contributed by atoms with Gasteiger partial charge in [0.15, 0.2) is 11.6 Å². The summed E-state index contributed by atoms with van der Waals surface area (Å²) in [5.41, 5.74) is 0. The summed E-state index contributed by atoms with van der Waals surface area (Å²) in [7, 11) is 0. The lowest BCUT2D eigenvalue weighted by molar-refractivity contribution is 0.163. The summed E-state index contributed by atoms with van der Waals surface area (Å²) in [5.74, 6) is 3.22. The van der Waals surface area contributed by atoms with Crippen LogP contribution >= 0.6 is 0 Å². The Morgan fingerprint density at radius 1 is 1.38 bits per heavy atom. The highest BCUT2D eigenvalue weighted by Crippen LogP contribution is 2.35. The molecule has 1 saturated carbocycles. The smallest absolute Gasteiger partial charge is 0.176 e. The van der Waals surface area contributed by atoms with Crippen LogP contribution in [0.25, 0.3) is 11.6 Å². The Kier molecular flexibility index (Phi) is 4.44. The molecule has 0 aliphatic heterocycles. The normalized spacial score (nSPS) is 22.6. The van der Waals surface area contributed by atoms with Crippen LogP contribution in [0.15, 0.2) is 28.9 Å². The number of aliphatic hydroxyl groups is 1. The molecule has 0 unspecified atom stereocenters. The number of aromatic nitrogens is 2. The van der Waals surface area contributed by atoms with Crippen molar-refractivity contribution in [2.45, 2.75) is 51.5 Å². The molecule has 1 N–H and O–H groups in total. The topological polar surface area (TPSA) is 51.2 Å². The average Bonchev–Trinajstić information content (AvgIpc) is 3.16. The van der Waals surface area contributed by atoms with Gasteiger partial charge in [-0.1, -0.05) is 13.3 Å². The molecule has 1 aliphatic carbocycles. The summed E-state index contributed by atoms with van der Waals surface area (Å²) < 4.78 is 8.15. The van der Waals surface area contributed by atoms with Crippen LogP contribution in [0, 0.1) is 5.92 Å². The molecule has 0 spiro atoms. The minimum atomic E-state index is 0.294. The SMILES string of the molecule is CCCc1ccc(-c2nccn2[C@@H]2CCC[C@H](CO)C2)o1. The highest BCUT2D eigenvalue weighted by atomic mass is 16.3. The summed E-state index contributed by atoms with van der Waals surface area (Å²) in [4.78, 5) is 4.49. The number of aliphatic hydroxyl groups excluding tert-OH is 1. The molecule has 4 heteroatoms. The first-order valence-electron chi connectivity index (χ1n) is 8.04. The van der Waals surface area contributed by atoms with Crippen LogP contribution in [0.3, 0.4) is 0 Å². The van der Waals surface area contributed by atoms with Gasteiger partial charge in [-0.3, -0.25) is 0 Å². The third kappa shape index (κ3) is 3.05. The predicted molar refractivity (Wildman–Crippen MR) is 82.0 cm³/mol. The minimum absolute atomic E-state index is 0.294. The number of nitrogens with zero attached hydrogens (tertiary/aromatic N) is 2. The Bertz CT molecular complexity index is 573. The molecule has 0 bridgehead atoms. The van der Waals surface area contributed by atoms with Crippen molar-refractivity contribution in [2.24, 2.45) is 5.92 Å². The molecule has 1 aliphatic rings. The minimum Gasteiger partial charge on any atom is -0.458 e. The summed E-state index contributed by atoms with van der Waals surface area (Å²) >= 11 is 0. The molecule has 3 rings (SSSR count). The second-order valence-electron chi connectivity index (χ2n) is 6.04. The zero-order valence-electron chi connectivity index (χ0n) is 12.7. The average molecular weight is 288 g/mol. The Morgan fingerprint density at radius 3 is 3.10 bits per heavy atom. The van der Waals surface area contributed by atoms with Gasteiger partial charge in [0.05, 0.1) is 0 Å². The molecule has 1 fully saturated rings. The van der Waals surface area contributed by atoms with Gasteiger partial charge in [-0.25, -0.2) is 4.98 Å². The summed E-state index contributed by atoms with van der Waals surface area (Å²) in [5, 5.41) is 9.41. The van der Waals surface area contributed by atoms with Gasteiger partial charge in [-0.2, -0.15) is 0 Å². The largest absolute Gasteiger partial charge is 0.458 e. The maximum atomic E-state index is 9.41. The van der Waals surface area contributed by atoms with E-state index in [1.165, 1.54) is 6.42 Å². The second-order valence-corrected chi connectivity index (χ2v) is 6.04. The third-order valence-corrected chi connectivity index (χ3v) is 4.45. The second kappa shape index (κ2) is 6.48. The van der Waals surface area contributed by atoms with Gasteiger partial charge < -0.3 is 14.1 Å². The van der Waals surface area contributed by atoms with Crippen molar-refractivity contribution in [1.82, 2.24) is 9.55 Å². The number of furan rings is 1. The Labute approximate surface area is 125 Å². The first kappa shape index (κ1) is 14.4. The summed E-state index contributed by atoms with van der Waals surface area (Å²) in [6.45, 7) is 2.45. The van der Waals surface area contributed by atoms with E-state index in [9.17, 15) is 5.11 Å². The summed E-state index contributed by atoms with van der Waals surface area (Å²) in [6, 6.07) is 4.50. The first-order chi connectivity index (χ1) is 10.3. The van der Waals surface area contributed by atoms with E-state index in [1.54, 1.807) is 0 Å². The van der Waals surface area contributed by atoms with E-state index in [4.69, 9.17) is 4.42 Å². The zero-order chi connectivity index (χ0) is 14.7. The van der Waals surface area contributed by atoms with E-state index < -0.39 is 0 Å². The zero-order valence-corrected chi connectivity index (χ0v) is 12.7. The molecular weight excluding hydrogens is 264 g/mol. The van der Waals surface area contributed by atoms with Gasteiger partial charge in [0.25, 0.3) is 0 Å². The molecule has 0 radical (unpaired) electrons. The molecular formula is C17H24N2O2. The van der Waals surface area contributed by atoms with E-state index in [1.807, 2.05) is 18.5 Å². The lowest BCUT2D eigenvalue weighted by atomic mass is 9.86. The van der Waals surface area contributed by atoms with Crippen LogP contribution < -0.4 is 0 Å². The number of hydrogen-bond acceptors (Lipinski definition) is 3. The molecule has 0 amide bonds. The van der Waals surface area contributed by atoms with Gasteiger partial charge >= 0.3 is 0 Å². The fraction of sp³-hybridized carbons (Fsp3) is 0.588. The van der Waals surface area contributed by atoms with Crippen molar-refractivity contribution in [1.29, 1.82) is 0 Å². The Morgan fingerprint density at radius 2 is 2.29 bits per heavy atom. The van der Waals surface area contributed by atoms with E-state index in [0.717, 1.165) is 49.4 Å². The maximum Gasteiger partial charge on any atom is 0.176 e. The molecule has 2 atom stereocenters.